The highest BCUT2D eigenvalue weighted by atomic mass is 35.5. The molecule has 0 radical (unpaired) electrons. The number of hydrogen-bond acceptors (Lipinski definition) is 4. The number of fused-ring (bicyclic) bond motifs is 1. The molecule has 4 aromatic rings. The molecule has 7 heteroatoms. The summed E-state index contributed by atoms with van der Waals surface area (Å²) in [5.41, 5.74) is 9.50. The quantitative estimate of drug-likeness (QED) is 0.493. The molecule has 0 amide bonds. The van der Waals surface area contributed by atoms with E-state index in [1.807, 2.05) is 18.2 Å². The van der Waals surface area contributed by atoms with Gasteiger partial charge in [0.15, 0.2) is 0 Å². The molecule has 0 aliphatic heterocycles. The Bertz CT molecular complexity index is 1100. The van der Waals surface area contributed by atoms with Crippen molar-refractivity contribution in [1.29, 1.82) is 0 Å². The van der Waals surface area contributed by atoms with Gasteiger partial charge in [0.25, 0.3) is 0 Å². The third-order valence-electron chi connectivity index (χ3n) is 4.25. The maximum Gasteiger partial charge on any atom is 0.229 e. The Balaban J connectivity index is 0.00000225. The first kappa shape index (κ1) is 19.5. The minimum atomic E-state index is -0.315. The average Bonchev–Trinajstić information content (AvgIpc) is 2.65. The minimum absolute atomic E-state index is 0. The van der Waals surface area contributed by atoms with Crippen LogP contribution < -0.4 is 11.1 Å². The Labute approximate surface area is 166 Å². The summed E-state index contributed by atoms with van der Waals surface area (Å²) in [7, 11) is 0. The molecule has 0 spiro atoms. The van der Waals surface area contributed by atoms with E-state index < -0.39 is 0 Å². The van der Waals surface area contributed by atoms with Crippen molar-refractivity contribution >= 4 is 40.8 Å². The lowest BCUT2D eigenvalue weighted by Gasteiger charge is -2.11. The van der Waals surface area contributed by atoms with Gasteiger partial charge in [0.1, 0.15) is 17.5 Å². The molecule has 1 aromatic heterocycles. The van der Waals surface area contributed by atoms with E-state index in [2.05, 4.69) is 15.3 Å². The second kappa shape index (κ2) is 8.19. The topological polar surface area (TPSA) is 63.8 Å². The summed E-state index contributed by atoms with van der Waals surface area (Å²) in [5.74, 6) is 0.105. The maximum absolute atomic E-state index is 13.1. The summed E-state index contributed by atoms with van der Waals surface area (Å²) >= 11 is 0. The van der Waals surface area contributed by atoms with Crippen LogP contribution in [-0.2, 0) is 6.42 Å². The van der Waals surface area contributed by atoms with E-state index in [9.17, 15) is 8.78 Å². The van der Waals surface area contributed by atoms with Gasteiger partial charge in [0.2, 0.25) is 5.95 Å². The number of nitrogen functional groups attached to an aromatic ring is 1. The molecular weight excluding hydrogens is 382 g/mol. The molecule has 0 unspecified atom stereocenters. The Morgan fingerprint density at radius 1 is 0.821 bits per heavy atom. The Morgan fingerprint density at radius 3 is 2.14 bits per heavy atom. The monoisotopic (exact) mass is 398 g/mol. The molecule has 0 fully saturated rings. The van der Waals surface area contributed by atoms with E-state index in [1.54, 1.807) is 24.3 Å². The van der Waals surface area contributed by atoms with E-state index >= 15 is 0 Å². The fourth-order valence-corrected chi connectivity index (χ4v) is 2.97. The molecule has 3 N–H and O–H groups in total. The van der Waals surface area contributed by atoms with Gasteiger partial charge in [0.05, 0.1) is 5.52 Å². The van der Waals surface area contributed by atoms with Gasteiger partial charge in [0, 0.05) is 11.1 Å². The number of rotatable bonds is 4. The van der Waals surface area contributed by atoms with Gasteiger partial charge < -0.3 is 11.1 Å². The number of halogens is 3. The minimum Gasteiger partial charge on any atom is -0.383 e. The van der Waals surface area contributed by atoms with Gasteiger partial charge in [-0.3, -0.25) is 0 Å². The summed E-state index contributed by atoms with van der Waals surface area (Å²) in [5, 5.41) is 3.80. The van der Waals surface area contributed by atoms with Crippen LogP contribution in [0.15, 0.2) is 66.7 Å². The Morgan fingerprint density at radius 2 is 1.46 bits per heavy atom. The van der Waals surface area contributed by atoms with E-state index in [-0.39, 0.29) is 24.0 Å². The second-order valence-corrected chi connectivity index (χ2v) is 6.18. The van der Waals surface area contributed by atoms with Crippen LogP contribution in [-0.4, -0.2) is 9.97 Å². The van der Waals surface area contributed by atoms with Crippen molar-refractivity contribution in [1.82, 2.24) is 9.97 Å². The molecule has 3 aromatic carbocycles. The number of nitrogens with one attached hydrogen (secondary N) is 1. The van der Waals surface area contributed by atoms with Gasteiger partial charge in [-0.1, -0.05) is 24.3 Å². The standard InChI is InChI=1S/C21H16F2N4.ClH/c22-15-6-4-13(5-7-15)12-14-2-1-3-18-19(14)20(24)27-21(26-18)25-17-10-8-16(23)9-11-17;/h1-11H,12H2,(H3,24,25,26,27);1H. The highest BCUT2D eigenvalue weighted by Crippen LogP contribution is 2.27. The number of aromatic nitrogens is 2. The van der Waals surface area contributed by atoms with E-state index in [1.165, 1.54) is 24.3 Å². The van der Waals surface area contributed by atoms with Crippen LogP contribution in [0.2, 0.25) is 0 Å². The first-order chi connectivity index (χ1) is 13.1. The number of hydrogen-bond donors (Lipinski definition) is 2. The molecule has 0 bridgehead atoms. The van der Waals surface area contributed by atoms with E-state index in [0.29, 0.717) is 29.4 Å². The summed E-state index contributed by atoms with van der Waals surface area (Å²) < 4.78 is 26.2. The lowest BCUT2D eigenvalue weighted by atomic mass is 10.0. The normalized spacial score (nSPS) is 10.5. The average molecular weight is 399 g/mol. The molecule has 0 saturated heterocycles. The molecule has 4 nitrogen and oxygen atoms in total. The highest BCUT2D eigenvalue weighted by Gasteiger charge is 2.11. The molecule has 28 heavy (non-hydrogen) atoms. The van der Waals surface area contributed by atoms with Gasteiger partial charge in [-0.15, -0.1) is 12.4 Å². The van der Waals surface area contributed by atoms with E-state index in [0.717, 1.165) is 16.5 Å². The van der Waals surface area contributed by atoms with Crippen LogP contribution in [0.1, 0.15) is 11.1 Å². The third-order valence-corrected chi connectivity index (χ3v) is 4.25. The molecule has 0 saturated carbocycles. The zero-order valence-corrected chi connectivity index (χ0v) is 15.5. The predicted octanol–water partition coefficient (Wildman–Crippen LogP) is 5.25. The number of benzene rings is 3. The van der Waals surface area contributed by atoms with Crippen molar-refractivity contribution in [3.63, 3.8) is 0 Å². The summed E-state index contributed by atoms with van der Waals surface area (Å²) in [4.78, 5) is 8.85. The largest absolute Gasteiger partial charge is 0.383 e. The van der Waals surface area contributed by atoms with Crippen LogP contribution in [0.5, 0.6) is 0 Å². The van der Waals surface area contributed by atoms with Crippen LogP contribution in [0.25, 0.3) is 10.9 Å². The summed E-state index contributed by atoms with van der Waals surface area (Å²) in [6.45, 7) is 0. The fourth-order valence-electron chi connectivity index (χ4n) is 2.97. The van der Waals surface area contributed by atoms with Crippen molar-refractivity contribution in [3.05, 3.63) is 89.5 Å². The van der Waals surface area contributed by atoms with Crippen molar-refractivity contribution in [3.8, 4) is 0 Å². The smallest absolute Gasteiger partial charge is 0.229 e. The molecule has 142 valence electrons. The zero-order valence-electron chi connectivity index (χ0n) is 14.7. The van der Waals surface area contributed by atoms with Crippen LogP contribution in [0.3, 0.4) is 0 Å². The number of nitrogens with two attached hydrogens (primary N) is 1. The number of nitrogens with zero attached hydrogens (tertiary/aromatic N) is 2. The summed E-state index contributed by atoms with van der Waals surface area (Å²) in [6, 6.07) is 18.0. The fraction of sp³-hybridized carbons (Fsp3) is 0.0476. The lowest BCUT2D eigenvalue weighted by Crippen LogP contribution is -2.03. The highest BCUT2D eigenvalue weighted by molar-refractivity contribution is 5.92. The van der Waals surface area contributed by atoms with Gasteiger partial charge in [-0.05, 0) is 60.0 Å². The molecule has 0 aliphatic carbocycles. The molecule has 0 atom stereocenters. The van der Waals surface area contributed by atoms with Gasteiger partial charge >= 0.3 is 0 Å². The van der Waals surface area contributed by atoms with Crippen molar-refractivity contribution in [2.24, 2.45) is 0 Å². The van der Waals surface area contributed by atoms with Crippen molar-refractivity contribution in [2.75, 3.05) is 11.1 Å². The number of anilines is 3. The predicted molar refractivity (Wildman–Crippen MR) is 110 cm³/mol. The van der Waals surface area contributed by atoms with Crippen LogP contribution >= 0.6 is 12.4 Å². The van der Waals surface area contributed by atoms with Crippen LogP contribution in [0.4, 0.5) is 26.2 Å². The lowest BCUT2D eigenvalue weighted by molar-refractivity contribution is 0.627. The van der Waals surface area contributed by atoms with Crippen LogP contribution in [0, 0.1) is 11.6 Å². The zero-order chi connectivity index (χ0) is 18.8. The van der Waals surface area contributed by atoms with Crippen molar-refractivity contribution in [2.45, 2.75) is 6.42 Å². The molecule has 4 rings (SSSR count). The second-order valence-electron chi connectivity index (χ2n) is 6.18. The first-order valence-corrected chi connectivity index (χ1v) is 8.40. The molecular formula is C21H17ClF2N4. The Kier molecular flexibility index (Phi) is 5.70. The SMILES string of the molecule is Cl.Nc1nc(Nc2ccc(F)cc2)nc2cccc(Cc3ccc(F)cc3)c12. The van der Waals surface area contributed by atoms with Gasteiger partial charge in [-0.2, -0.15) is 4.98 Å². The van der Waals surface area contributed by atoms with Crippen molar-refractivity contribution < 1.29 is 8.78 Å². The first-order valence-electron chi connectivity index (χ1n) is 8.40. The Hall–Kier alpha value is -3.25. The third kappa shape index (κ3) is 4.18. The van der Waals surface area contributed by atoms with Gasteiger partial charge in [-0.25, -0.2) is 13.8 Å². The summed E-state index contributed by atoms with van der Waals surface area (Å²) in [6.07, 6.45) is 0.593. The van der Waals surface area contributed by atoms with E-state index in [4.69, 9.17) is 5.73 Å². The maximum atomic E-state index is 13.1. The molecule has 0 aliphatic rings. The molecule has 1 heterocycles.